The molecule has 0 aliphatic carbocycles. The lowest BCUT2D eigenvalue weighted by Gasteiger charge is -2.11. The molecule has 0 saturated carbocycles. The van der Waals surface area contributed by atoms with E-state index < -0.39 is 28.1 Å². The van der Waals surface area contributed by atoms with Crippen LogP contribution < -0.4 is 5.56 Å². The number of hydrogen-bond acceptors (Lipinski definition) is 4. The van der Waals surface area contributed by atoms with E-state index in [0.29, 0.717) is 5.56 Å². The molecule has 1 aromatic heterocycles. The molecule has 1 aromatic carbocycles. The molecule has 126 valence electrons. The van der Waals surface area contributed by atoms with E-state index in [1.807, 2.05) is 0 Å². The second kappa shape index (κ2) is 6.13. The first-order valence-electron chi connectivity index (χ1n) is 6.47. The van der Waals surface area contributed by atoms with Crippen molar-refractivity contribution in [1.82, 2.24) is 9.78 Å². The molecular formula is C15H11F3N2O3S. The molecule has 2 rings (SSSR count). The molecule has 0 unspecified atom stereocenters. The van der Waals surface area contributed by atoms with Gasteiger partial charge in [-0.25, -0.2) is 13.1 Å². The second-order valence-corrected chi connectivity index (χ2v) is 6.97. The van der Waals surface area contributed by atoms with Crippen LogP contribution in [0.4, 0.5) is 13.2 Å². The van der Waals surface area contributed by atoms with Crippen molar-refractivity contribution in [2.45, 2.75) is 17.6 Å². The molecule has 0 amide bonds. The fourth-order valence-electron chi connectivity index (χ4n) is 2.01. The molecule has 24 heavy (non-hydrogen) atoms. The third kappa shape index (κ3) is 3.83. The third-order valence-corrected chi connectivity index (χ3v) is 4.24. The Balaban J connectivity index is 2.55. The van der Waals surface area contributed by atoms with Crippen LogP contribution in [0.1, 0.15) is 5.56 Å². The summed E-state index contributed by atoms with van der Waals surface area (Å²) in [4.78, 5) is 12.1. The van der Waals surface area contributed by atoms with Crippen molar-refractivity contribution in [2.24, 2.45) is 0 Å². The Morgan fingerprint density at radius 3 is 2.29 bits per heavy atom. The molecule has 0 bridgehead atoms. The van der Waals surface area contributed by atoms with Gasteiger partial charge in [0.25, 0.3) is 5.56 Å². The minimum atomic E-state index is -4.61. The summed E-state index contributed by atoms with van der Waals surface area (Å²) < 4.78 is 60.4. The zero-order chi connectivity index (χ0) is 18.1. The molecule has 0 aliphatic heterocycles. The monoisotopic (exact) mass is 356 g/mol. The van der Waals surface area contributed by atoms with Gasteiger partial charge in [-0.15, -0.1) is 6.42 Å². The highest BCUT2D eigenvalue weighted by Crippen LogP contribution is 2.23. The van der Waals surface area contributed by atoms with E-state index in [4.69, 9.17) is 6.42 Å². The predicted molar refractivity (Wildman–Crippen MR) is 81.0 cm³/mol. The molecule has 1 heterocycles. The van der Waals surface area contributed by atoms with Gasteiger partial charge in [-0.05, 0) is 17.7 Å². The average Bonchev–Trinajstić information content (AvgIpc) is 2.47. The Kier molecular flexibility index (Phi) is 4.53. The van der Waals surface area contributed by atoms with Crippen LogP contribution in [0.5, 0.6) is 0 Å². The minimum absolute atomic E-state index is 0.0619. The molecule has 0 saturated heterocycles. The standard InChI is InChI=1S/C15H11F3N2O3S/c1-3-12-13(8-19-20(14(12)21)9-15(16,17)18)10-4-6-11(7-5-10)24(2,22)23/h1,4-8H,9H2,2H3. The van der Waals surface area contributed by atoms with Crippen LogP contribution in [-0.2, 0) is 16.4 Å². The third-order valence-electron chi connectivity index (χ3n) is 3.11. The molecule has 5 nitrogen and oxygen atoms in total. The summed E-state index contributed by atoms with van der Waals surface area (Å²) in [6, 6.07) is 5.43. The van der Waals surface area contributed by atoms with Gasteiger partial charge in [0, 0.05) is 11.8 Å². The van der Waals surface area contributed by atoms with Crippen molar-refractivity contribution in [3.05, 3.63) is 46.4 Å². The summed E-state index contributed by atoms with van der Waals surface area (Å²) in [5.41, 5.74) is -0.791. The van der Waals surface area contributed by atoms with Gasteiger partial charge in [0.2, 0.25) is 0 Å². The summed E-state index contributed by atoms with van der Waals surface area (Å²) in [5, 5.41) is 3.49. The topological polar surface area (TPSA) is 69.0 Å². The number of aromatic nitrogens is 2. The van der Waals surface area contributed by atoms with E-state index >= 15 is 0 Å². The maximum Gasteiger partial charge on any atom is 0.408 e. The van der Waals surface area contributed by atoms with Crippen LogP contribution in [0.15, 0.2) is 40.2 Å². The van der Waals surface area contributed by atoms with Crippen molar-refractivity contribution >= 4 is 9.84 Å². The summed E-state index contributed by atoms with van der Waals surface area (Å²) in [5.74, 6) is 2.07. The number of terminal acetylenes is 1. The van der Waals surface area contributed by atoms with Crippen LogP contribution in [0.25, 0.3) is 11.1 Å². The second-order valence-electron chi connectivity index (χ2n) is 4.95. The van der Waals surface area contributed by atoms with E-state index in [0.717, 1.165) is 12.5 Å². The average molecular weight is 356 g/mol. The summed E-state index contributed by atoms with van der Waals surface area (Å²) in [7, 11) is -3.40. The van der Waals surface area contributed by atoms with Gasteiger partial charge >= 0.3 is 6.18 Å². The number of nitrogens with zero attached hydrogens (tertiary/aromatic N) is 2. The molecule has 0 spiro atoms. The lowest BCUT2D eigenvalue weighted by atomic mass is 10.0. The molecule has 0 radical (unpaired) electrons. The quantitative estimate of drug-likeness (QED) is 0.787. The van der Waals surface area contributed by atoms with Gasteiger partial charge in [-0.3, -0.25) is 4.79 Å². The lowest BCUT2D eigenvalue weighted by molar-refractivity contribution is -0.143. The van der Waals surface area contributed by atoms with Crippen LogP contribution >= 0.6 is 0 Å². The fourth-order valence-corrected chi connectivity index (χ4v) is 2.64. The van der Waals surface area contributed by atoms with E-state index in [1.54, 1.807) is 0 Å². The number of sulfone groups is 1. The van der Waals surface area contributed by atoms with Crippen molar-refractivity contribution in [1.29, 1.82) is 0 Å². The minimum Gasteiger partial charge on any atom is -0.266 e. The van der Waals surface area contributed by atoms with Gasteiger partial charge in [0.1, 0.15) is 12.1 Å². The lowest BCUT2D eigenvalue weighted by Crippen LogP contribution is -2.31. The smallest absolute Gasteiger partial charge is 0.266 e. The highest BCUT2D eigenvalue weighted by atomic mass is 32.2. The highest BCUT2D eigenvalue weighted by Gasteiger charge is 2.29. The van der Waals surface area contributed by atoms with Gasteiger partial charge in [-0.1, -0.05) is 18.1 Å². The van der Waals surface area contributed by atoms with Gasteiger partial charge < -0.3 is 0 Å². The number of rotatable bonds is 3. The Labute approximate surface area is 135 Å². The van der Waals surface area contributed by atoms with Crippen LogP contribution in [-0.4, -0.2) is 30.6 Å². The van der Waals surface area contributed by atoms with Crippen LogP contribution in [0.3, 0.4) is 0 Å². The van der Waals surface area contributed by atoms with Crippen molar-refractivity contribution < 1.29 is 21.6 Å². The molecule has 9 heteroatoms. The predicted octanol–water partition coefficient (Wildman–Crippen LogP) is 1.86. The molecule has 0 aliphatic rings. The molecular weight excluding hydrogens is 345 g/mol. The van der Waals surface area contributed by atoms with Crippen molar-refractivity contribution in [3.63, 3.8) is 0 Å². The molecule has 0 fully saturated rings. The first-order valence-corrected chi connectivity index (χ1v) is 8.36. The van der Waals surface area contributed by atoms with E-state index in [9.17, 15) is 26.4 Å². The Morgan fingerprint density at radius 2 is 1.83 bits per heavy atom. The van der Waals surface area contributed by atoms with Crippen molar-refractivity contribution in [2.75, 3.05) is 6.26 Å². The number of halogens is 3. The van der Waals surface area contributed by atoms with Crippen molar-refractivity contribution in [3.8, 4) is 23.5 Å². The fraction of sp³-hybridized carbons (Fsp3) is 0.200. The molecule has 0 N–H and O–H groups in total. The maximum atomic E-state index is 12.4. The Bertz CT molecular complexity index is 969. The largest absolute Gasteiger partial charge is 0.408 e. The SMILES string of the molecule is C#Cc1c(-c2ccc(S(C)(=O)=O)cc2)cnn(CC(F)(F)F)c1=O. The first kappa shape index (κ1) is 17.7. The summed E-state index contributed by atoms with van der Waals surface area (Å²) in [6.45, 7) is -1.55. The number of hydrogen-bond donors (Lipinski definition) is 0. The van der Waals surface area contributed by atoms with E-state index in [-0.39, 0.29) is 20.7 Å². The zero-order valence-corrected chi connectivity index (χ0v) is 13.1. The van der Waals surface area contributed by atoms with Gasteiger partial charge in [0.05, 0.1) is 11.1 Å². The number of alkyl halides is 3. The zero-order valence-electron chi connectivity index (χ0n) is 12.3. The Hall–Kier alpha value is -2.60. The molecule has 2 aromatic rings. The normalized spacial score (nSPS) is 12.0. The summed E-state index contributed by atoms with van der Waals surface area (Å²) in [6.07, 6.45) is 2.73. The highest BCUT2D eigenvalue weighted by molar-refractivity contribution is 7.90. The van der Waals surface area contributed by atoms with E-state index in [1.165, 1.54) is 24.3 Å². The number of benzene rings is 1. The van der Waals surface area contributed by atoms with Gasteiger partial charge in [0.15, 0.2) is 9.84 Å². The Morgan fingerprint density at radius 1 is 1.25 bits per heavy atom. The van der Waals surface area contributed by atoms with Crippen LogP contribution in [0, 0.1) is 12.3 Å². The maximum absolute atomic E-state index is 12.4. The van der Waals surface area contributed by atoms with Gasteiger partial charge in [-0.2, -0.15) is 18.3 Å². The molecule has 0 atom stereocenters. The van der Waals surface area contributed by atoms with E-state index in [2.05, 4.69) is 11.0 Å². The van der Waals surface area contributed by atoms with Crippen LogP contribution in [0.2, 0.25) is 0 Å². The summed E-state index contributed by atoms with van der Waals surface area (Å²) >= 11 is 0. The first-order chi connectivity index (χ1) is 11.0.